The van der Waals surface area contributed by atoms with Gasteiger partial charge in [-0.3, -0.25) is 9.48 Å². The highest BCUT2D eigenvalue weighted by Crippen LogP contribution is 2.13. The van der Waals surface area contributed by atoms with E-state index >= 15 is 0 Å². The summed E-state index contributed by atoms with van der Waals surface area (Å²) in [7, 11) is 3.04. The van der Waals surface area contributed by atoms with Crippen molar-refractivity contribution in [3.63, 3.8) is 0 Å². The minimum Gasteiger partial charge on any atom is -0.477 e. The highest BCUT2D eigenvalue weighted by atomic mass is 16.5. The number of nitrogens with one attached hydrogen (secondary N) is 1. The maximum atomic E-state index is 11.4. The predicted molar refractivity (Wildman–Crippen MR) is 55.3 cm³/mol. The van der Waals surface area contributed by atoms with E-state index < -0.39 is 5.97 Å². The smallest absolute Gasteiger partial charge is 0.341 e. The number of carbonyl (C=O) groups is 2. The van der Waals surface area contributed by atoms with Crippen molar-refractivity contribution in [3.8, 4) is 0 Å². The first-order chi connectivity index (χ1) is 7.56. The van der Waals surface area contributed by atoms with E-state index in [0.717, 1.165) is 0 Å². The number of carboxylic acids is 1. The molecule has 7 heteroatoms. The molecule has 1 aromatic heterocycles. The molecule has 1 amide bonds. The molecule has 0 atom stereocenters. The van der Waals surface area contributed by atoms with E-state index in [0.29, 0.717) is 0 Å². The number of carboxylic acid groups (broad SMARTS) is 1. The lowest BCUT2D eigenvalue weighted by Gasteiger charge is -2.06. The predicted octanol–water partition coefficient (Wildman–Crippen LogP) is 0.0933. The van der Waals surface area contributed by atoms with E-state index in [4.69, 9.17) is 9.84 Å². The van der Waals surface area contributed by atoms with Gasteiger partial charge in [0.25, 0.3) is 0 Å². The SMILES string of the molecule is COCCC(=O)Nc1c(C(=O)O)cnn1C. The number of aromatic carboxylic acids is 1. The third kappa shape index (κ3) is 2.80. The van der Waals surface area contributed by atoms with Crippen molar-refractivity contribution in [2.75, 3.05) is 19.0 Å². The number of aromatic nitrogens is 2. The fourth-order valence-electron chi connectivity index (χ4n) is 1.13. The molecule has 0 aliphatic rings. The Balaban J connectivity index is 2.76. The van der Waals surface area contributed by atoms with Crippen LogP contribution in [0.1, 0.15) is 16.8 Å². The van der Waals surface area contributed by atoms with Crippen molar-refractivity contribution in [1.82, 2.24) is 9.78 Å². The van der Waals surface area contributed by atoms with Crippen LogP contribution in [0.3, 0.4) is 0 Å². The number of rotatable bonds is 5. The molecule has 0 spiro atoms. The Bertz CT molecular complexity index is 399. The molecule has 16 heavy (non-hydrogen) atoms. The van der Waals surface area contributed by atoms with Crippen LogP contribution in [0.15, 0.2) is 6.20 Å². The maximum absolute atomic E-state index is 11.4. The summed E-state index contributed by atoms with van der Waals surface area (Å²) in [4.78, 5) is 22.2. The lowest BCUT2D eigenvalue weighted by atomic mass is 10.3. The summed E-state index contributed by atoms with van der Waals surface area (Å²) in [6.07, 6.45) is 1.36. The highest BCUT2D eigenvalue weighted by molar-refractivity contribution is 5.99. The average Bonchev–Trinajstić information content (AvgIpc) is 2.58. The molecule has 2 N–H and O–H groups in total. The lowest BCUT2D eigenvalue weighted by Crippen LogP contribution is -2.17. The number of ether oxygens (including phenoxy) is 1. The van der Waals surface area contributed by atoms with Crippen LogP contribution in [0.25, 0.3) is 0 Å². The van der Waals surface area contributed by atoms with Crippen LogP contribution in [0.2, 0.25) is 0 Å². The van der Waals surface area contributed by atoms with E-state index in [1.165, 1.54) is 18.0 Å². The van der Waals surface area contributed by atoms with E-state index in [-0.39, 0.29) is 30.3 Å². The molecule has 1 rings (SSSR count). The summed E-state index contributed by atoms with van der Waals surface area (Å²) in [5.74, 6) is -1.27. The number of amides is 1. The normalized spacial score (nSPS) is 10.1. The average molecular weight is 227 g/mol. The van der Waals surface area contributed by atoms with Gasteiger partial charge in [-0.25, -0.2) is 4.79 Å². The van der Waals surface area contributed by atoms with E-state index in [1.807, 2.05) is 0 Å². The standard InChI is InChI=1S/C9H13N3O4/c1-12-8(6(5-10-12)9(14)15)11-7(13)3-4-16-2/h5H,3-4H2,1-2H3,(H,11,13)(H,14,15). The van der Waals surface area contributed by atoms with Crippen LogP contribution in [0.4, 0.5) is 5.82 Å². The van der Waals surface area contributed by atoms with Crippen molar-refractivity contribution in [2.45, 2.75) is 6.42 Å². The van der Waals surface area contributed by atoms with Crippen molar-refractivity contribution in [2.24, 2.45) is 7.05 Å². The van der Waals surface area contributed by atoms with Crippen molar-refractivity contribution < 1.29 is 19.4 Å². The van der Waals surface area contributed by atoms with Crippen LogP contribution in [0.5, 0.6) is 0 Å². The Morgan fingerprint density at radius 2 is 2.31 bits per heavy atom. The Hall–Kier alpha value is -1.89. The second-order valence-corrected chi connectivity index (χ2v) is 3.13. The summed E-state index contributed by atoms with van der Waals surface area (Å²) in [6.45, 7) is 0.284. The number of anilines is 1. The van der Waals surface area contributed by atoms with Crippen LogP contribution in [-0.4, -0.2) is 40.5 Å². The van der Waals surface area contributed by atoms with Gasteiger partial charge >= 0.3 is 5.97 Å². The van der Waals surface area contributed by atoms with Crippen LogP contribution < -0.4 is 5.32 Å². The van der Waals surface area contributed by atoms with Gasteiger partial charge in [0.15, 0.2) is 0 Å². The fraction of sp³-hybridized carbons (Fsp3) is 0.444. The Morgan fingerprint density at radius 3 is 2.88 bits per heavy atom. The Labute approximate surface area is 92.0 Å². The molecule has 0 aliphatic carbocycles. The van der Waals surface area contributed by atoms with Gasteiger partial charge in [-0.1, -0.05) is 0 Å². The molecule has 0 fully saturated rings. The Morgan fingerprint density at radius 1 is 1.62 bits per heavy atom. The summed E-state index contributed by atoms with van der Waals surface area (Å²) >= 11 is 0. The molecular weight excluding hydrogens is 214 g/mol. The fourth-order valence-corrected chi connectivity index (χ4v) is 1.13. The zero-order chi connectivity index (χ0) is 12.1. The van der Waals surface area contributed by atoms with Gasteiger partial charge in [-0.2, -0.15) is 5.10 Å². The van der Waals surface area contributed by atoms with Crippen LogP contribution in [0, 0.1) is 0 Å². The zero-order valence-electron chi connectivity index (χ0n) is 9.06. The molecule has 0 saturated carbocycles. The topological polar surface area (TPSA) is 93.4 Å². The van der Waals surface area contributed by atoms with E-state index in [2.05, 4.69) is 10.4 Å². The Kier molecular flexibility index (Phi) is 4.01. The monoisotopic (exact) mass is 227 g/mol. The number of hydrogen-bond acceptors (Lipinski definition) is 4. The van der Waals surface area contributed by atoms with Gasteiger partial charge in [0, 0.05) is 14.2 Å². The number of hydrogen-bond donors (Lipinski definition) is 2. The number of aryl methyl sites for hydroxylation is 1. The summed E-state index contributed by atoms with van der Waals surface area (Å²) < 4.78 is 6.04. The molecule has 0 unspecified atom stereocenters. The summed E-state index contributed by atoms with van der Waals surface area (Å²) in [6, 6.07) is 0. The molecule has 1 heterocycles. The first-order valence-corrected chi connectivity index (χ1v) is 4.60. The second kappa shape index (κ2) is 5.26. The molecule has 0 saturated heterocycles. The molecular formula is C9H13N3O4. The minimum atomic E-state index is -1.13. The highest BCUT2D eigenvalue weighted by Gasteiger charge is 2.16. The van der Waals surface area contributed by atoms with E-state index in [9.17, 15) is 9.59 Å². The molecule has 88 valence electrons. The molecule has 0 bridgehead atoms. The first kappa shape index (κ1) is 12.2. The van der Waals surface area contributed by atoms with Gasteiger partial charge in [-0.15, -0.1) is 0 Å². The third-order valence-corrected chi connectivity index (χ3v) is 1.96. The van der Waals surface area contributed by atoms with Crippen molar-refractivity contribution in [1.29, 1.82) is 0 Å². The lowest BCUT2D eigenvalue weighted by molar-refractivity contribution is -0.117. The molecule has 1 aromatic rings. The summed E-state index contributed by atoms with van der Waals surface area (Å²) in [5.41, 5.74) is -0.0340. The largest absolute Gasteiger partial charge is 0.477 e. The van der Waals surface area contributed by atoms with Gasteiger partial charge in [-0.05, 0) is 0 Å². The van der Waals surface area contributed by atoms with E-state index in [1.54, 1.807) is 7.05 Å². The molecule has 0 aromatic carbocycles. The van der Waals surface area contributed by atoms with Gasteiger partial charge < -0.3 is 15.2 Å². The zero-order valence-corrected chi connectivity index (χ0v) is 9.06. The quantitative estimate of drug-likeness (QED) is 0.743. The maximum Gasteiger partial charge on any atom is 0.341 e. The van der Waals surface area contributed by atoms with Gasteiger partial charge in [0.2, 0.25) is 5.91 Å². The minimum absolute atomic E-state index is 0.0340. The third-order valence-electron chi connectivity index (χ3n) is 1.96. The van der Waals surface area contributed by atoms with Gasteiger partial charge in [0.1, 0.15) is 11.4 Å². The molecule has 0 radical (unpaired) electrons. The van der Waals surface area contributed by atoms with Crippen LogP contribution in [-0.2, 0) is 16.6 Å². The second-order valence-electron chi connectivity index (χ2n) is 3.13. The van der Waals surface area contributed by atoms with Gasteiger partial charge in [0.05, 0.1) is 19.2 Å². The summed E-state index contributed by atoms with van der Waals surface area (Å²) in [5, 5.41) is 15.1. The van der Waals surface area contributed by atoms with Crippen LogP contribution >= 0.6 is 0 Å². The number of nitrogens with zero attached hydrogens (tertiary/aromatic N) is 2. The van der Waals surface area contributed by atoms with Crippen molar-refractivity contribution >= 4 is 17.7 Å². The van der Waals surface area contributed by atoms with Crippen molar-refractivity contribution in [3.05, 3.63) is 11.8 Å². The molecule has 0 aliphatic heterocycles. The number of carbonyl (C=O) groups excluding carboxylic acids is 1. The number of methoxy groups -OCH3 is 1. The first-order valence-electron chi connectivity index (χ1n) is 4.60. The molecule has 7 nitrogen and oxygen atoms in total.